The van der Waals surface area contributed by atoms with Gasteiger partial charge in [0.05, 0.1) is 66.1 Å². The standard InChI is InChI=1S/C62H60N8O8/c1-9-41-27-43-28-52-44(10-2)35(3)47(67-52)30-48-36(4)45(19-20-55(71)76-8)58(68-48)57-59-56(37(5)49(69-59)31-50(41)65-43)61(72)70(62(57)73)33-40-15-11-13-38(25-40)17-18-39-14-12-16-42(26-39)66-60-46-29-53(77-23-21-74-6)54(78-24-22-75-7)32-51(46)63-34-64-60/h10-16,25-32,34,36,45,67,69H,2,9,19-24,33H2,1,3-8H3,(H,63,64,66)/t36?,45-/m0/s1. The summed E-state index contributed by atoms with van der Waals surface area (Å²) in [6, 6.07) is 24.9. The maximum Gasteiger partial charge on any atom is 0.305 e. The lowest BCUT2D eigenvalue weighted by molar-refractivity contribution is -0.140. The molecule has 16 heteroatoms. The van der Waals surface area contributed by atoms with E-state index in [0.717, 1.165) is 67.9 Å². The minimum Gasteiger partial charge on any atom is -0.487 e. The van der Waals surface area contributed by atoms with E-state index < -0.39 is 11.8 Å². The van der Waals surface area contributed by atoms with Crippen molar-refractivity contribution < 1.29 is 38.1 Å². The number of allylic oxidation sites excluding steroid dienone is 1. The van der Waals surface area contributed by atoms with Crippen molar-refractivity contribution in [1.82, 2.24) is 34.8 Å². The first-order valence-corrected chi connectivity index (χ1v) is 25.9. The maximum atomic E-state index is 15.4. The van der Waals surface area contributed by atoms with Gasteiger partial charge < -0.3 is 39.0 Å². The van der Waals surface area contributed by atoms with Gasteiger partial charge in [0.2, 0.25) is 0 Å². The fourth-order valence-corrected chi connectivity index (χ4v) is 10.3. The zero-order valence-corrected chi connectivity index (χ0v) is 44.8. The number of aromatic amines is 2. The summed E-state index contributed by atoms with van der Waals surface area (Å²) in [5.41, 5.74) is 13.3. The Labute approximate surface area is 451 Å². The number of H-pyrrole nitrogens is 2. The molecule has 0 fully saturated rings. The van der Waals surface area contributed by atoms with Crippen LogP contribution < -0.4 is 14.8 Å². The summed E-state index contributed by atoms with van der Waals surface area (Å²) < 4.78 is 27.5. The van der Waals surface area contributed by atoms with Crippen LogP contribution in [0.4, 0.5) is 11.5 Å². The Morgan fingerprint density at radius 1 is 0.808 bits per heavy atom. The van der Waals surface area contributed by atoms with Crippen LogP contribution in [0.5, 0.6) is 11.5 Å². The fourth-order valence-electron chi connectivity index (χ4n) is 10.3. The first-order valence-electron chi connectivity index (χ1n) is 25.9. The summed E-state index contributed by atoms with van der Waals surface area (Å²) in [6.07, 6.45) is 6.59. The summed E-state index contributed by atoms with van der Waals surface area (Å²) in [7, 11) is 4.60. The van der Waals surface area contributed by atoms with Gasteiger partial charge in [0, 0.05) is 88.6 Å². The number of carbonyl (C=O) groups excluding carboxylic acids is 3. The first-order chi connectivity index (χ1) is 37.9. The van der Waals surface area contributed by atoms with Gasteiger partial charge in [0.15, 0.2) is 11.5 Å². The van der Waals surface area contributed by atoms with Gasteiger partial charge in [0.1, 0.15) is 25.4 Å². The molecule has 396 valence electrons. The number of esters is 1. The Balaban J connectivity index is 1.01. The molecule has 10 rings (SSSR count). The smallest absolute Gasteiger partial charge is 0.305 e. The van der Waals surface area contributed by atoms with E-state index in [9.17, 15) is 4.79 Å². The summed E-state index contributed by atoms with van der Waals surface area (Å²) in [5.74, 6) is 6.32. The fraction of sp³-hybridized carbons (Fsp3) is 0.274. The molecule has 3 aliphatic rings. The van der Waals surface area contributed by atoms with Gasteiger partial charge in [-0.05, 0) is 110 Å². The van der Waals surface area contributed by atoms with E-state index in [-0.39, 0.29) is 36.3 Å². The second kappa shape index (κ2) is 22.7. The number of rotatable bonds is 17. The van der Waals surface area contributed by atoms with Crippen LogP contribution in [0.25, 0.3) is 50.7 Å². The topological polar surface area (TPSA) is 196 Å². The highest BCUT2D eigenvalue weighted by molar-refractivity contribution is 6.23. The van der Waals surface area contributed by atoms with Gasteiger partial charge in [-0.25, -0.2) is 15.0 Å². The molecule has 0 aliphatic carbocycles. The van der Waals surface area contributed by atoms with Gasteiger partial charge >= 0.3 is 5.97 Å². The Kier molecular flexibility index (Phi) is 15.3. The molecule has 2 atom stereocenters. The Morgan fingerprint density at radius 2 is 1.53 bits per heavy atom. The highest BCUT2D eigenvalue weighted by atomic mass is 16.5. The van der Waals surface area contributed by atoms with Gasteiger partial charge in [-0.15, -0.1) is 0 Å². The number of methoxy groups -OCH3 is 3. The van der Waals surface area contributed by atoms with Crippen LogP contribution >= 0.6 is 0 Å². The van der Waals surface area contributed by atoms with E-state index in [1.807, 2.05) is 98.8 Å². The number of ether oxygens (including phenoxy) is 5. The van der Waals surface area contributed by atoms with Gasteiger partial charge in [-0.2, -0.15) is 0 Å². The van der Waals surface area contributed by atoms with Crippen LogP contribution in [0.2, 0.25) is 0 Å². The normalized spacial score (nSPS) is 14.7. The molecule has 0 spiro atoms. The van der Waals surface area contributed by atoms with Crippen molar-refractivity contribution in [3.8, 4) is 23.3 Å². The number of aromatic nitrogens is 6. The largest absolute Gasteiger partial charge is 0.487 e. The number of imide groups is 1. The average molecular weight is 1050 g/mol. The molecule has 0 saturated heterocycles. The number of fused-ring (bicyclic) bond motifs is 9. The van der Waals surface area contributed by atoms with Crippen LogP contribution in [0, 0.1) is 25.7 Å². The predicted molar refractivity (Wildman–Crippen MR) is 302 cm³/mol. The number of benzene rings is 3. The van der Waals surface area contributed by atoms with E-state index in [1.165, 1.54) is 18.3 Å². The number of anilines is 2. The number of nitrogens with zero attached hydrogens (tertiary/aromatic N) is 5. The van der Waals surface area contributed by atoms with Gasteiger partial charge in [-0.3, -0.25) is 24.3 Å². The Morgan fingerprint density at radius 3 is 2.26 bits per heavy atom. The van der Waals surface area contributed by atoms with E-state index in [1.54, 1.807) is 14.2 Å². The average Bonchev–Trinajstić information content (AvgIpc) is 4.26. The predicted octanol–water partition coefficient (Wildman–Crippen LogP) is 11.3. The molecule has 1 unspecified atom stereocenters. The van der Waals surface area contributed by atoms with E-state index in [0.29, 0.717) is 94.7 Å². The summed E-state index contributed by atoms with van der Waals surface area (Å²) in [6.45, 7) is 13.6. The molecule has 0 radical (unpaired) electrons. The summed E-state index contributed by atoms with van der Waals surface area (Å²) in [5, 5.41) is 4.16. The SMILES string of the molecule is C=Cc1c(C)c2cc3nc(c4c5[nH]c(cc6nc(cc1[nH]2)C=C6CC)c(C)c5C(=O)N(Cc1cccc(C#Cc2cccc(Nc5ncnc6cc(OCCOC)c(OCCOC)cc56)c2)c1)C4=O)[C@@H](CCC(=O)OC)C3C. The molecule has 2 amide bonds. The molecule has 16 nitrogen and oxygen atoms in total. The van der Waals surface area contributed by atoms with Crippen molar-refractivity contribution in [3.63, 3.8) is 0 Å². The van der Waals surface area contributed by atoms with Crippen molar-refractivity contribution >= 4 is 80.0 Å². The monoisotopic (exact) mass is 1040 g/mol. The van der Waals surface area contributed by atoms with E-state index in [2.05, 4.69) is 63.6 Å². The van der Waals surface area contributed by atoms with Gasteiger partial charge in [-0.1, -0.05) is 56.5 Å². The molecule has 7 aromatic rings. The minimum atomic E-state index is -0.496. The quantitative estimate of drug-likeness (QED) is 0.0338. The van der Waals surface area contributed by atoms with Crippen molar-refractivity contribution in [2.75, 3.05) is 53.1 Å². The summed E-state index contributed by atoms with van der Waals surface area (Å²) >= 11 is 0. The molecule has 7 heterocycles. The Bertz CT molecular complexity index is 3830. The van der Waals surface area contributed by atoms with Crippen molar-refractivity contribution in [2.24, 2.45) is 0 Å². The summed E-state index contributed by atoms with van der Waals surface area (Å²) in [4.78, 5) is 71.0. The first kappa shape index (κ1) is 52.5. The number of aryl methyl sites for hydroxylation is 2. The Hall–Kier alpha value is -8.91. The molecular formula is C62H60N8O8. The lowest BCUT2D eigenvalue weighted by Crippen LogP contribution is -2.40. The third-order valence-corrected chi connectivity index (χ3v) is 14.5. The maximum absolute atomic E-state index is 15.4. The van der Waals surface area contributed by atoms with E-state index >= 15 is 9.59 Å². The third-order valence-electron chi connectivity index (χ3n) is 14.5. The van der Waals surface area contributed by atoms with Crippen LogP contribution in [-0.4, -0.2) is 100 Å². The molecule has 0 saturated carbocycles. The molecule has 3 N–H and O–H groups in total. The lowest BCUT2D eigenvalue weighted by atomic mass is 9.84. The number of hydrogen-bond donors (Lipinski definition) is 3. The molecule has 4 aromatic heterocycles. The third kappa shape index (κ3) is 10.5. The number of hydrogen-bond acceptors (Lipinski definition) is 13. The highest BCUT2D eigenvalue weighted by Gasteiger charge is 2.41. The second-order valence-electron chi connectivity index (χ2n) is 19.4. The van der Waals surface area contributed by atoms with E-state index in [4.69, 9.17) is 33.7 Å². The molecular weight excluding hydrogens is 985 g/mol. The molecule has 78 heavy (non-hydrogen) atoms. The molecule has 8 bridgehead atoms. The number of amides is 2. The highest BCUT2D eigenvalue weighted by Crippen LogP contribution is 2.44. The van der Waals surface area contributed by atoms with Crippen LogP contribution in [0.1, 0.15) is 122 Å². The van der Waals surface area contributed by atoms with Crippen molar-refractivity contribution in [3.05, 3.63) is 159 Å². The lowest BCUT2D eigenvalue weighted by Gasteiger charge is -2.27. The van der Waals surface area contributed by atoms with Crippen LogP contribution in [0.3, 0.4) is 0 Å². The zero-order chi connectivity index (χ0) is 54.6. The van der Waals surface area contributed by atoms with Gasteiger partial charge in [0.25, 0.3) is 11.8 Å². The minimum absolute atomic E-state index is 0.0390. The van der Waals surface area contributed by atoms with Crippen molar-refractivity contribution in [1.29, 1.82) is 0 Å². The number of nitrogens with one attached hydrogen (secondary N) is 3. The van der Waals surface area contributed by atoms with Crippen LogP contribution in [-0.2, 0) is 25.5 Å². The molecule has 3 aliphatic heterocycles. The molecule has 3 aromatic carbocycles. The second-order valence-corrected chi connectivity index (χ2v) is 19.4. The van der Waals surface area contributed by atoms with Crippen molar-refractivity contribution in [2.45, 2.75) is 65.3 Å². The van der Waals surface area contributed by atoms with Crippen LogP contribution in [0.15, 0.2) is 91.8 Å². The number of carbonyl (C=O) groups is 3. The zero-order valence-electron chi connectivity index (χ0n) is 44.8.